The number of aromatic nitrogens is 2. The van der Waals surface area contributed by atoms with E-state index in [-0.39, 0.29) is 12.3 Å². The van der Waals surface area contributed by atoms with Crippen LogP contribution >= 0.6 is 11.3 Å². The Morgan fingerprint density at radius 3 is 2.63 bits per heavy atom. The number of anilines is 1. The number of amides is 1. The summed E-state index contributed by atoms with van der Waals surface area (Å²) in [5.41, 5.74) is 1.47. The minimum absolute atomic E-state index is 0.146. The predicted molar refractivity (Wildman–Crippen MR) is 101 cm³/mol. The zero-order valence-electron chi connectivity index (χ0n) is 15.0. The summed E-state index contributed by atoms with van der Waals surface area (Å²) in [6, 6.07) is 7.24. The molecule has 1 fully saturated rings. The lowest BCUT2D eigenvalue weighted by Crippen LogP contribution is -2.14. The summed E-state index contributed by atoms with van der Waals surface area (Å²) in [6.07, 6.45) is 2.39. The van der Waals surface area contributed by atoms with E-state index in [9.17, 15) is 4.79 Å². The van der Waals surface area contributed by atoms with Gasteiger partial charge in [-0.25, -0.2) is 0 Å². The summed E-state index contributed by atoms with van der Waals surface area (Å²) >= 11 is 1.46. The van der Waals surface area contributed by atoms with Crippen LogP contribution in [0.1, 0.15) is 30.2 Å². The number of thiophene rings is 1. The van der Waals surface area contributed by atoms with Crippen molar-refractivity contribution in [1.29, 1.82) is 0 Å². The van der Waals surface area contributed by atoms with Crippen LogP contribution in [0.2, 0.25) is 0 Å². The van der Waals surface area contributed by atoms with Crippen molar-refractivity contribution < 1.29 is 18.7 Å². The maximum atomic E-state index is 12.5. The van der Waals surface area contributed by atoms with E-state index in [2.05, 4.69) is 15.5 Å². The van der Waals surface area contributed by atoms with Crippen LogP contribution in [0, 0.1) is 0 Å². The van der Waals surface area contributed by atoms with Gasteiger partial charge >= 0.3 is 0 Å². The molecular formula is C19H19N3O4S. The van der Waals surface area contributed by atoms with Crippen molar-refractivity contribution in [2.75, 3.05) is 19.5 Å². The first-order valence-corrected chi connectivity index (χ1v) is 9.47. The predicted octanol–water partition coefficient (Wildman–Crippen LogP) is 3.87. The van der Waals surface area contributed by atoms with Crippen molar-refractivity contribution in [3.63, 3.8) is 0 Å². The Kier molecular flexibility index (Phi) is 4.81. The second-order valence-electron chi connectivity index (χ2n) is 6.33. The molecule has 4 rings (SSSR count). The van der Waals surface area contributed by atoms with Crippen molar-refractivity contribution in [3.05, 3.63) is 41.1 Å². The molecule has 27 heavy (non-hydrogen) atoms. The maximum Gasteiger partial charge on any atom is 0.259 e. The summed E-state index contributed by atoms with van der Waals surface area (Å²) in [5.74, 6) is 2.67. The van der Waals surface area contributed by atoms with Gasteiger partial charge in [-0.2, -0.15) is 0 Å². The van der Waals surface area contributed by atoms with Crippen LogP contribution in [-0.2, 0) is 11.2 Å². The van der Waals surface area contributed by atoms with E-state index in [0.29, 0.717) is 34.9 Å². The van der Waals surface area contributed by atoms with Gasteiger partial charge in [0.2, 0.25) is 11.8 Å². The van der Waals surface area contributed by atoms with Gasteiger partial charge in [0, 0.05) is 12.0 Å². The summed E-state index contributed by atoms with van der Waals surface area (Å²) in [4.78, 5) is 13.3. The number of nitrogens with zero attached hydrogens (tertiary/aromatic N) is 2. The second-order valence-corrected chi connectivity index (χ2v) is 7.25. The molecule has 0 bridgehead atoms. The zero-order valence-corrected chi connectivity index (χ0v) is 15.8. The molecular weight excluding hydrogens is 366 g/mol. The molecule has 0 atom stereocenters. The molecule has 1 aliphatic rings. The van der Waals surface area contributed by atoms with Crippen molar-refractivity contribution in [1.82, 2.24) is 10.2 Å². The van der Waals surface area contributed by atoms with E-state index in [1.54, 1.807) is 20.3 Å². The van der Waals surface area contributed by atoms with Crippen LogP contribution in [0.15, 0.2) is 34.1 Å². The minimum atomic E-state index is -0.146. The number of ether oxygens (including phenoxy) is 2. The Balaban J connectivity index is 1.48. The molecule has 1 saturated carbocycles. The quantitative estimate of drug-likeness (QED) is 0.664. The lowest BCUT2D eigenvalue weighted by molar-refractivity contribution is -0.115. The Bertz CT molecular complexity index is 939. The number of carbonyl (C=O) groups is 1. The molecule has 8 heteroatoms. The third-order valence-corrected chi connectivity index (χ3v) is 5.18. The van der Waals surface area contributed by atoms with E-state index in [4.69, 9.17) is 13.9 Å². The molecule has 140 valence electrons. The molecule has 2 aromatic heterocycles. The van der Waals surface area contributed by atoms with Crippen LogP contribution < -0.4 is 14.8 Å². The van der Waals surface area contributed by atoms with E-state index in [1.165, 1.54) is 11.3 Å². The number of hydrogen-bond donors (Lipinski definition) is 1. The molecule has 1 aliphatic carbocycles. The molecule has 0 unspecified atom stereocenters. The van der Waals surface area contributed by atoms with Gasteiger partial charge in [0.15, 0.2) is 0 Å². The number of nitrogens with one attached hydrogen (secondary N) is 1. The minimum Gasteiger partial charge on any atom is -0.497 e. The second kappa shape index (κ2) is 7.40. The highest BCUT2D eigenvalue weighted by Gasteiger charge is 2.30. The SMILES string of the molecule is COc1cc(CC(=O)Nc2ccsc2-c2nnc(C3CC3)o2)cc(OC)c1. The summed E-state index contributed by atoms with van der Waals surface area (Å²) < 4.78 is 16.3. The van der Waals surface area contributed by atoms with Gasteiger partial charge in [-0.15, -0.1) is 21.5 Å². The van der Waals surface area contributed by atoms with Crippen LogP contribution in [0.4, 0.5) is 5.69 Å². The van der Waals surface area contributed by atoms with Crippen LogP contribution in [0.5, 0.6) is 11.5 Å². The third-order valence-electron chi connectivity index (χ3n) is 4.28. The smallest absolute Gasteiger partial charge is 0.259 e. The molecule has 1 aromatic carbocycles. The van der Waals surface area contributed by atoms with Crippen LogP contribution in [0.25, 0.3) is 10.8 Å². The number of carbonyl (C=O) groups excluding carboxylic acids is 1. The topological polar surface area (TPSA) is 86.5 Å². The Morgan fingerprint density at radius 1 is 1.22 bits per heavy atom. The largest absolute Gasteiger partial charge is 0.497 e. The lowest BCUT2D eigenvalue weighted by Gasteiger charge is -2.09. The number of hydrogen-bond acceptors (Lipinski definition) is 7. The van der Waals surface area contributed by atoms with E-state index in [0.717, 1.165) is 23.3 Å². The van der Waals surface area contributed by atoms with Crippen LogP contribution in [0.3, 0.4) is 0 Å². The first-order chi connectivity index (χ1) is 13.2. The van der Waals surface area contributed by atoms with Gasteiger partial charge < -0.3 is 19.2 Å². The lowest BCUT2D eigenvalue weighted by atomic mass is 10.1. The molecule has 3 aromatic rings. The van der Waals surface area contributed by atoms with Crippen molar-refractivity contribution in [3.8, 4) is 22.3 Å². The maximum absolute atomic E-state index is 12.5. The standard InChI is InChI=1S/C19H19N3O4S/c1-24-13-7-11(8-14(10-13)25-2)9-16(23)20-15-5-6-27-17(15)19-22-21-18(26-19)12-3-4-12/h5-8,10,12H,3-4,9H2,1-2H3,(H,20,23). The van der Waals surface area contributed by atoms with Gasteiger partial charge in [0.1, 0.15) is 16.4 Å². The molecule has 1 amide bonds. The van der Waals surface area contributed by atoms with Crippen molar-refractivity contribution >= 4 is 22.9 Å². The van der Waals surface area contributed by atoms with Crippen LogP contribution in [-0.4, -0.2) is 30.3 Å². The molecule has 7 nitrogen and oxygen atoms in total. The van der Waals surface area contributed by atoms with Crippen molar-refractivity contribution in [2.45, 2.75) is 25.2 Å². The molecule has 0 saturated heterocycles. The van der Waals surface area contributed by atoms with E-state index < -0.39 is 0 Å². The van der Waals surface area contributed by atoms with Gasteiger partial charge in [-0.3, -0.25) is 4.79 Å². The number of benzene rings is 1. The fourth-order valence-corrected chi connectivity index (χ4v) is 3.51. The molecule has 2 heterocycles. The highest BCUT2D eigenvalue weighted by atomic mass is 32.1. The average Bonchev–Trinajstić information content (AvgIpc) is 3.22. The Morgan fingerprint density at radius 2 is 1.96 bits per heavy atom. The highest BCUT2D eigenvalue weighted by Crippen LogP contribution is 2.41. The van der Waals surface area contributed by atoms with Gasteiger partial charge in [0.25, 0.3) is 5.89 Å². The van der Waals surface area contributed by atoms with Gasteiger partial charge in [-0.05, 0) is 42.0 Å². The molecule has 1 N–H and O–H groups in total. The first kappa shape index (κ1) is 17.5. The molecule has 0 aliphatic heterocycles. The Hall–Kier alpha value is -2.87. The monoisotopic (exact) mass is 385 g/mol. The van der Waals surface area contributed by atoms with Gasteiger partial charge in [-0.1, -0.05) is 0 Å². The van der Waals surface area contributed by atoms with E-state index >= 15 is 0 Å². The van der Waals surface area contributed by atoms with Gasteiger partial charge in [0.05, 0.1) is 26.3 Å². The third kappa shape index (κ3) is 3.95. The zero-order chi connectivity index (χ0) is 18.8. The summed E-state index contributed by atoms with van der Waals surface area (Å²) in [7, 11) is 3.16. The van der Waals surface area contributed by atoms with E-state index in [1.807, 2.05) is 23.6 Å². The fraction of sp³-hybridized carbons (Fsp3) is 0.316. The van der Waals surface area contributed by atoms with Crippen molar-refractivity contribution in [2.24, 2.45) is 0 Å². The normalized spacial score (nSPS) is 13.4. The summed E-state index contributed by atoms with van der Waals surface area (Å²) in [6.45, 7) is 0. The molecule has 0 radical (unpaired) electrons. The molecule has 0 spiro atoms. The highest BCUT2D eigenvalue weighted by molar-refractivity contribution is 7.14. The first-order valence-electron chi connectivity index (χ1n) is 8.59. The average molecular weight is 385 g/mol. The Labute approximate surface area is 160 Å². The summed E-state index contributed by atoms with van der Waals surface area (Å²) in [5, 5.41) is 13.1. The number of rotatable bonds is 7. The number of methoxy groups -OCH3 is 2. The fourth-order valence-electron chi connectivity index (χ4n) is 2.74.